The van der Waals surface area contributed by atoms with E-state index in [2.05, 4.69) is 15.0 Å². The normalized spacial score (nSPS) is 11.5. The van der Waals surface area contributed by atoms with E-state index in [0.29, 0.717) is 16.3 Å². The molecule has 0 spiro atoms. The van der Waals surface area contributed by atoms with Gasteiger partial charge in [0.1, 0.15) is 0 Å². The summed E-state index contributed by atoms with van der Waals surface area (Å²) in [4.78, 5) is 27.0. The smallest absolute Gasteiger partial charge is 0.323 e. The molecule has 11 heteroatoms. The quantitative estimate of drug-likeness (QED) is 0.225. The Balaban J connectivity index is 1.44. The Bertz CT molecular complexity index is 1470. The SMILES string of the molecule is O=C(/C=C/c1ccc([N+](=O)[O-])s1)Nc1ccc(S(=O)(=O)Nc2cncc3ccccc23)cc1. The number of sulfonamides is 1. The maximum atomic E-state index is 12.8. The fourth-order valence-corrected chi connectivity index (χ4v) is 4.78. The van der Waals surface area contributed by atoms with Crippen LogP contribution in [0.4, 0.5) is 16.4 Å². The summed E-state index contributed by atoms with van der Waals surface area (Å²) in [5.74, 6) is -0.457. The monoisotopic (exact) mass is 480 g/mol. The van der Waals surface area contributed by atoms with Gasteiger partial charge in [-0.2, -0.15) is 0 Å². The van der Waals surface area contributed by atoms with Crippen molar-refractivity contribution in [1.29, 1.82) is 0 Å². The Morgan fingerprint density at radius 2 is 1.79 bits per heavy atom. The number of rotatable bonds is 7. The van der Waals surface area contributed by atoms with Crippen LogP contribution in [0.2, 0.25) is 0 Å². The number of hydrogen-bond acceptors (Lipinski definition) is 7. The summed E-state index contributed by atoms with van der Waals surface area (Å²) in [5, 5.41) is 14.8. The molecule has 0 saturated heterocycles. The molecule has 33 heavy (non-hydrogen) atoms. The fourth-order valence-electron chi connectivity index (χ4n) is 2.99. The zero-order chi connectivity index (χ0) is 23.4. The van der Waals surface area contributed by atoms with Crippen LogP contribution < -0.4 is 10.0 Å². The summed E-state index contributed by atoms with van der Waals surface area (Å²) in [5.41, 5.74) is 0.761. The van der Waals surface area contributed by atoms with Crippen molar-refractivity contribution in [2.24, 2.45) is 0 Å². The van der Waals surface area contributed by atoms with Crippen LogP contribution in [0.15, 0.2) is 84.0 Å². The number of nitrogens with one attached hydrogen (secondary N) is 2. The molecule has 1 amide bonds. The van der Waals surface area contributed by atoms with Gasteiger partial charge in [0, 0.05) is 39.7 Å². The third kappa shape index (κ3) is 5.22. The van der Waals surface area contributed by atoms with E-state index in [9.17, 15) is 23.3 Å². The van der Waals surface area contributed by atoms with Gasteiger partial charge in [0.25, 0.3) is 10.0 Å². The Kier molecular flexibility index (Phi) is 6.16. The molecule has 0 aliphatic rings. The second-order valence-corrected chi connectivity index (χ2v) is 9.57. The number of nitro groups is 1. The van der Waals surface area contributed by atoms with Crippen LogP contribution in [-0.4, -0.2) is 24.2 Å². The van der Waals surface area contributed by atoms with Crippen molar-refractivity contribution in [2.75, 3.05) is 10.0 Å². The molecule has 0 unspecified atom stereocenters. The predicted molar refractivity (Wildman–Crippen MR) is 128 cm³/mol. The van der Waals surface area contributed by atoms with E-state index in [1.54, 1.807) is 18.3 Å². The van der Waals surface area contributed by atoms with Crippen LogP contribution in [0, 0.1) is 10.1 Å². The molecule has 0 saturated carbocycles. The molecule has 9 nitrogen and oxygen atoms in total. The van der Waals surface area contributed by atoms with Gasteiger partial charge in [-0.15, -0.1) is 0 Å². The minimum absolute atomic E-state index is 0.0141. The molecule has 4 rings (SSSR count). The second kappa shape index (κ2) is 9.18. The van der Waals surface area contributed by atoms with Crippen molar-refractivity contribution >= 4 is 60.5 Å². The van der Waals surface area contributed by atoms with Gasteiger partial charge >= 0.3 is 5.00 Å². The summed E-state index contributed by atoms with van der Waals surface area (Å²) in [6.45, 7) is 0. The molecule has 2 aromatic heterocycles. The Labute approximate surface area is 192 Å². The lowest BCUT2D eigenvalue weighted by atomic mass is 10.1. The van der Waals surface area contributed by atoms with Crippen LogP contribution >= 0.6 is 11.3 Å². The Morgan fingerprint density at radius 3 is 2.52 bits per heavy atom. The standard InChI is InChI=1S/C22H16N4O5S2/c27-21(11-7-17-8-12-22(32-17)26(28)29)24-16-5-9-18(10-6-16)33(30,31)25-20-14-23-13-15-3-1-2-4-19(15)20/h1-14,25H,(H,24,27)/b11-7+. The number of aromatic nitrogens is 1. The lowest BCUT2D eigenvalue weighted by Gasteiger charge is -2.11. The molecule has 166 valence electrons. The summed E-state index contributed by atoms with van der Waals surface area (Å²) < 4.78 is 28.2. The Hall–Kier alpha value is -4.09. The lowest BCUT2D eigenvalue weighted by Crippen LogP contribution is -2.14. The number of carbonyl (C=O) groups is 1. The van der Waals surface area contributed by atoms with Gasteiger partial charge in [0.2, 0.25) is 5.91 Å². The number of benzene rings is 2. The molecule has 2 N–H and O–H groups in total. The second-order valence-electron chi connectivity index (χ2n) is 6.79. The number of nitrogens with zero attached hydrogens (tertiary/aromatic N) is 2. The van der Waals surface area contributed by atoms with Crippen molar-refractivity contribution in [3.05, 3.63) is 94.1 Å². The predicted octanol–water partition coefficient (Wildman–Crippen LogP) is 4.66. The van der Waals surface area contributed by atoms with Gasteiger partial charge in [-0.25, -0.2) is 8.42 Å². The van der Waals surface area contributed by atoms with Crippen LogP contribution in [0.5, 0.6) is 0 Å². The summed E-state index contributed by atoms with van der Waals surface area (Å²) >= 11 is 0.951. The first-order valence-corrected chi connectivity index (χ1v) is 11.8. The average Bonchev–Trinajstić information content (AvgIpc) is 3.28. The van der Waals surface area contributed by atoms with Crippen molar-refractivity contribution < 1.29 is 18.1 Å². The number of anilines is 2. The van der Waals surface area contributed by atoms with E-state index in [1.165, 1.54) is 48.7 Å². The highest BCUT2D eigenvalue weighted by molar-refractivity contribution is 7.92. The number of thiophene rings is 1. The Morgan fingerprint density at radius 1 is 1.03 bits per heavy atom. The summed E-state index contributed by atoms with van der Waals surface area (Å²) in [6.07, 6.45) is 5.81. The highest BCUT2D eigenvalue weighted by Gasteiger charge is 2.16. The molecule has 0 radical (unpaired) electrons. The number of amides is 1. The topological polar surface area (TPSA) is 131 Å². The van der Waals surface area contributed by atoms with Crippen molar-refractivity contribution in [1.82, 2.24) is 4.98 Å². The number of fused-ring (bicyclic) bond motifs is 1. The van der Waals surface area contributed by atoms with Crippen molar-refractivity contribution in [2.45, 2.75) is 4.90 Å². The molecule has 4 aromatic rings. The first-order valence-electron chi connectivity index (χ1n) is 9.51. The fraction of sp³-hybridized carbons (Fsp3) is 0. The van der Waals surface area contributed by atoms with E-state index in [4.69, 9.17) is 0 Å². The largest absolute Gasteiger partial charge is 0.324 e. The third-order valence-electron chi connectivity index (χ3n) is 4.54. The number of pyridine rings is 1. The average molecular weight is 481 g/mol. The molecule has 0 fully saturated rings. The molecule has 2 aromatic carbocycles. The molecular formula is C22H16N4O5S2. The van der Waals surface area contributed by atoms with E-state index < -0.39 is 20.9 Å². The molecule has 0 bridgehead atoms. The molecule has 0 atom stereocenters. The van der Waals surface area contributed by atoms with E-state index in [0.717, 1.165) is 22.1 Å². The van der Waals surface area contributed by atoms with Gasteiger partial charge in [0.15, 0.2) is 0 Å². The maximum Gasteiger partial charge on any atom is 0.324 e. The third-order valence-corrected chi connectivity index (χ3v) is 6.92. The van der Waals surface area contributed by atoms with Crippen LogP contribution in [-0.2, 0) is 14.8 Å². The molecule has 2 heterocycles. The minimum atomic E-state index is -3.87. The zero-order valence-electron chi connectivity index (χ0n) is 16.8. The number of hydrogen-bond donors (Lipinski definition) is 2. The zero-order valence-corrected chi connectivity index (χ0v) is 18.5. The van der Waals surface area contributed by atoms with Gasteiger partial charge < -0.3 is 5.32 Å². The summed E-state index contributed by atoms with van der Waals surface area (Å²) in [6, 6.07) is 15.9. The van der Waals surface area contributed by atoms with Gasteiger partial charge in [0.05, 0.1) is 21.7 Å². The van der Waals surface area contributed by atoms with Gasteiger partial charge in [-0.3, -0.25) is 24.6 Å². The van der Waals surface area contributed by atoms with Crippen molar-refractivity contribution in [3.63, 3.8) is 0 Å². The van der Waals surface area contributed by atoms with E-state index in [1.807, 2.05) is 18.2 Å². The molecule has 0 aliphatic carbocycles. The van der Waals surface area contributed by atoms with Crippen LogP contribution in [0.25, 0.3) is 16.8 Å². The highest BCUT2D eigenvalue weighted by atomic mass is 32.2. The maximum absolute atomic E-state index is 12.8. The van der Waals surface area contributed by atoms with Crippen LogP contribution in [0.3, 0.4) is 0 Å². The van der Waals surface area contributed by atoms with Gasteiger partial charge in [-0.05, 0) is 36.4 Å². The first kappa shape index (κ1) is 22.1. The van der Waals surface area contributed by atoms with Gasteiger partial charge in [-0.1, -0.05) is 35.6 Å². The van der Waals surface area contributed by atoms with Crippen molar-refractivity contribution in [3.8, 4) is 0 Å². The lowest BCUT2D eigenvalue weighted by molar-refractivity contribution is -0.380. The van der Waals surface area contributed by atoms with E-state index >= 15 is 0 Å². The first-order chi connectivity index (χ1) is 15.8. The van der Waals surface area contributed by atoms with Crippen LogP contribution in [0.1, 0.15) is 4.88 Å². The summed E-state index contributed by atoms with van der Waals surface area (Å²) in [7, 11) is -3.87. The molecular weight excluding hydrogens is 464 g/mol. The minimum Gasteiger partial charge on any atom is -0.323 e. The highest BCUT2D eigenvalue weighted by Crippen LogP contribution is 2.26. The van der Waals surface area contributed by atoms with E-state index in [-0.39, 0.29) is 9.90 Å². The number of carbonyl (C=O) groups excluding carboxylic acids is 1. The molecule has 0 aliphatic heterocycles.